The van der Waals surface area contributed by atoms with E-state index in [9.17, 15) is 0 Å². The van der Waals surface area contributed by atoms with Crippen LogP contribution < -0.4 is 9.47 Å². The number of ether oxygens (including phenoxy) is 2. The molecule has 2 aromatic heterocycles. The molecule has 0 radical (unpaired) electrons. The van der Waals surface area contributed by atoms with Gasteiger partial charge in [-0.3, -0.25) is 4.90 Å². The van der Waals surface area contributed by atoms with Gasteiger partial charge in [0.1, 0.15) is 5.52 Å². The fourth-order valence-electron chi connectivity index (χ4n) is 3.94. The summed E-state index contributed by atoms with van der Waals surface area (Å²) in [5.41, 5.74) is 4.07. The van der Waals surface area contributed by atoms with Crippen LogP contribution in [0.25, 0.3) is 11.2 Å². The number of rotatable bonds is 5. The monoisotopic (exact) mass is 367 g/mol. The third kappa shape index (κ3) is 3.47. The number of hydrogen-bond acceptors (Lipinski definition) is 6. The van der Waals surface area contributed by atoms with Crippen molar-refractivity contribution >= 4 is 11.2 Å². The number of piperidine rings is 1. The molecule has 1 saturated heterocycles. The molecule has 142 valence electrons. The second-order valence-electron chi connectivity index (χ2n) is 7.00. The maximum absolute atomic E-state index is 5.44. The van der Waals surface area contributed by atoms with E-state index in [1.807, 2.05) is 17.8 Å². The zero-order chi connectivity index (χ0) is 18.8. The Labute approximate surface area is 158 Å². The van der Waals surface area contributed by atoms with E-state index in [1.165, 1.54) is 5.56 Å². The summed E-state index contributed by atoms with van der Waals surface area (Å²) in [4.78, 5) is 11.4. The summed E-state index contributed by atoms with van der Waals surface area (Å²) in [6, 6.07) is 6.13. The first-order chi connectivity index (χ1) is 13.2. The number of likely N-dealkylation sites (tertiary alicyclic amines) is 1. The molecule has 1 fully saturated rings. The van der Waals surface area contributed by atoms with Gasteiger partial charge >= 0.3 is 0 Å². The van der Waals surface area contributed by atoms with Crippen molar-refractivity contribution in [3.05, 3.63) is 41.9 Å². The fraction of sp³-hybridized carbons (Fsp3) is 0.450. The summed E-state index contributed by atoms with van der Waals surface area (Å²) in [5, 5.41) is 4.73. The summed E-state index contributed by atoms with van der Waals surface area (Å²) in [6.45, 7) is 2.94. The van der Waals surface area contributed by atoms with Gasteiger partial charge in [0.15, 0.2) is 17.1 Å². The predicted octanol–water partition coefficient (Wildman–Crippen LogP) is 2.76. The molecule has 1 aromatic carbocycles. The lowest BCUT2D eigenvalue weighted by Gasteiger charge is -2.32. The van der Waals surface area contributed by atoms with Crippen LogP contribution in [0.3, 0.4) is 0 Å². The van der Waals surface area contributed by atoms with E-state index in [0.717, 1.165) is 60.8 Å². The fourth-order valence-corrected chi connectivity index (χ4v) is 3.94. The Balaban J connectivity index is 1.53. The van der Waals surface area contributed by atoms with Crippen LogP contribution in [0.2, 0.25) is 0 Å². The largest absolute Gasteiger partial charge is 0.493 e. The Morgan fingerprint density at radius 2 is 1.93 bits per heavy atom. The number of hydrogen-bond donors (Lipinski definition) is 0. The first-order valence-electron chi connectivity index (χ1n) is 9.26. The minimum atomic E-state index is 0.374. The van der Waals surface area contributed by atoms with Gasteiger partial charge in [0.25, 0.3) is 0 Å². The number of methoxy groups -OCH3 is 2. The Morgan fingerprint density at radius 1 is 1.11 bits per heavy atom. The normalized spacial score (nSPS) is 18.0. The third-order valence-corrected chi connectivity index (χ3v) is 5.23. The standard InChI is InChI=1S/C20H25N5O2/c1-24-20-19(21-8-9-22-20)18(23-24)15-5-4-10-25(13-15)12-14-6-7-16(26-2)17(11-14)27-3/h6-9,11,15H,4-5,10,12-13H2,1-3H3/t15-/m0/s1. The molecule has 0 aliphatic carbocycles. The molecule has 1 aliphatic heterocycles. The lowest BCUT2D eigenvalue weighted by Crippen LogP contribution is -2.34. The summed E-state index contributed by atoms with van der Waals surface area (Å²) in [7, 11) is 5.27. The van der Waals surface area contributed by atoms with Gasteiger partial charge in [-0.15, -0.1) is 0 Å². The number of aryl methyl sites for hydroxylation is 1. The lowest BCUT2D eigenvalue weighted by atomic mass is 9.94. The van der Waals surface area contributed by atoms with Gasteiger partial charge in [-0.05, 0) is 37.1 Å². The molecule has 0 N–H and O–H groups in total. The highest BCUT2D eigenvalue weighted by atomic mass is 16.5. The molecule has 0 saturated carbocycles. The molecule has 7 heteroatoms. The van der Waals surface area contributed by atoms with E-state index >= 15 is 0 Å². The zero-order valence-corrected chi connectivity index (χ0v) is 16.1. The van der Waals surface area contributed by atoms with Gasteiger partial charge in [0.2, 0.25) is 0 Å². The van der Waals surface area contributed by atoms with Crippen LogP contribution in [0, 0.1) is 0 Å². The number of aromatic nitrogens is 4. The Kier molecular flexibility index (Phi) is 4.94. The Morgan fingerprint density at radius 3 is 2.74 bits per heavy atom. The molecule has 7 nitrogen and oxygen atoms in total. The summed E-state index contributed by atoms with van der Waals surface area (Å²) < 4.78 is 12.6. The molecule has 3 heterocycles. The van der Waals surface area contributed by atoms with E-state index < -0.39 is 0 Å². The molecule has 3 aromatic rings. The minimum Gasteiger partial charge on any atom is -0.493 e. The van der Waals surface area contributed by atoms with Gasteiger partial charge in [0, 0.05) is 38.4 Å². The van der Waals surface area contributed by atoms with Gasteiger partial charge in [-0.25, -0.2) is 14.6 Å². The molecular weight excluding hydrogens is 342 g/mol. The average Bonchev–Trinajstić information content (AvgIpc) is 3.05. The number of benzene rings is 1. The highest BCUT2D eigenvalue weighted by molar-refractivity contribution is 5.73. The average molecular weight is 367 g/mol. The molecular formula is C20H25N5O2. The van der Waals surface area contributed by atoms with E-state index in [4.69, 9.17) is 14.6 Å². The third-order valence-electron chi connectivity index (χ3n) is 5.23. The van der Waals surface area contributed by atoms with Crippen molar-refractivity contribution in [2.75, 3.05) is 27.3 Å². The molecule has 0 bridgehead atoms. The van der Waals surface area contributed by atoms with E-state index in [1.54, 1.807) is 26.6 Å². The summed E-state index contributed by atoms with van der Waals surface area (Å²) >= 11 is 0. The van der Waals surface area contributed by atoms with Crippen LogP contribution in [-0.2, 0) is 13.6 Å². The summed E-state index contributed by atoms with van der Waals surface area (Å²) in [6.07, 6.45) is 5.75. The van der Waals surface area contributed by atoms with Crippen LogP contribution in [-0.4, -0.2) is 52.0 Å². The Bertz CT molecular complexity index is 939. The van der Waals surface area contributed by atoms with Gasteiger partial charge in [-0.1, -0.05) is 6.07 Å². The molecule has 0 amide bonds. The predicted molar refractivity (Wildman–Crippen MR) is 103 cm³/mol. The van der Waals surface area contributed by atoms with Crippen LogP contribution >= 0.6 is 0 Å². The van der Waals surface area contributed by atoms with Crippen molar-refractivity contribution in [3.8, 4) is 11.5 Å². The molecule has 4 rings (SSSR count). The quantitative estimate of drug-likeness (QED) is 0.691. The topological polar surface area (TPSA) is 65.3 Å². The molecule has 1 aliphatic rings. The van der Waals surface area contributed by atoms with Crippen LogP contribution in [0.15, 0.2) is 30.6 Å². The second-order valence-corrected chi connectivity index (χ2v) is 7.00. The smallest absolute Gasteiger partial charge is 0.176 e. The SMILES string of the molecule is COc1ccc(CN2CCC[C@H](c3nn(C)c4nccnc34)C2)cc1OC. The van der Waals surface area contributed by atoms with E-state index in [-0.39, 0.29) is 0 Å². The van der Waals surface area contributed by atoms with Crippen molar-refractivity contribution in [2.45, 2.75) is 25.3 Å². The maximum Gasteiger partial charge on any atom is 0.176 e. The second kappa shape index (κ2) is 7.52. The number of nitrogens with zero attached hydrogens (tertiary/aromatic N) is 5. The van der Waals surface area contributed by atoms with Crippen molar-refractivity contribution in [1.29, 1.82) is 0 Å². The minimum absolute atomic E-state index is 0.374. The van der Waals surface area contributed by atoms with E-state index in [2.05, 4.69) is 27.0 Å². The first-order valence-corrected chi connectivity index (χ1v) is 9.26. The van der Waals surface area contributed by atoms with Crippen LogP contribution in [0.1, 0.15) is 30.0 Å². The molecule has 27 heavy (non-hydrogen) atoms. The van der Waals surface area contributed by atoms with Gasteiger partial charge in [0.05, 0.1) is 19.9 Å². The van der Waals surface area contributed by atoms with Crippen LogP contribution in [0.4, 0.5) is 0 Å². The summed E-state index contributed by atoms with van der Waals surface area (Å²) in [5.74, 6) is 1.91. The molecule has 0 unspecified atom stereocenters. The Hall–Kier alpha value is -2.67. The van der Waals surface area contributed by atoms with Crippen molar-refractivity contribution in [2.24, 2.45) is 7.05 Å². The zero-order valence-electron chi connectivity index (χ0n) is 16.1. The molecule has 0 spiro atoms. The van der Waals surface area contributed by atoms with E-state index in [0.29, 0.717) is 5.92 Å². The molecule has 1 atom stereocenters. The highest BCUT2D eigenvalue weighted by Crippen LogP contribution is 2.32. The maximum atomic E-state index is 5.44. The van der Waals surface area contributed by atoms with Crippen molar-refractivity contribution in [3.63, 3.8) is 0 Å². The van der Waals surface area contributed by atoms with Crippen molar-refractivity contribution < 1.29 is 9.47 Å². The van der Waals surface area contributed by atoms with Gasteiger partial charge < -0.3 is 9.47 Å². The van der Waals surface area contributed by atoms with Gasteiger partial charge in [-0.2, -0.15) is 5.10 Å². The van der Waals surface area contributed by atoms with Crippen LogP contribution in [0.5, 0.6) is 11.5 Å². The van der Waals surface area contributed by atoms with Crippen molar-refractivity contribution in [1.82, 2.24) is 24.6 Å². The first kappa shape index (κ1) is 17.7. The lowest BCUT2D eigenvalue weighted by molar-refractivity contribution is 0.198. The highest BCUT2D eigenvalue weighted by Gasteiger charge is 2.26. The number of fused-ring (bicyclic) bond motifs is 1.